The second-order valence-corrected chi connectivity index (χ2v) is 5.72. The first kappa shape index (κ1) is 19.6. The summed E-state index contributed by atoms with van der Waals surface area (Å²) in [6, 6.07) is 4.96. The Morgan fingerprint density at radius 2 is 1.81 bits per heavy atom. The summed E-state index contributed by atoms with van der Waals surface area (Å²) in [7, 11) is 4.45. The van der Waals surface area contributed by atoms with Crippen LogP contribution in [0.5, 0.6) is 11.5 Å². The van der Waals surface area contributed by atoms with Gasteiger partial charge >= 0.3 is 12.1 Å². The Balaban J connectivity index is 1.74. The zero-order valence-corrected chi connectivity index (χ0v) is 15.4. The fourth-order valence-corrected chi connectivity index (χ4v) is 2.76. The molecule has 1 aromatic carbocycles. The average molecular weight is 366 g/mol. The maximum atomic E-state index is 12.1. The number of rotatable bonds is 6. The number of anilines is 1. The zero-order chi connectivity index (χ0) is 18.9. The predicted molar refractivity (Wildman–Crippen MR) is 97.0 cm³/mol. The molecule has 1 fully saturated rings. The van der Waals surface area contributed by atoms with Gasteiger partial charge in [0, 0.05) is 39.3 Å². The monoisotopic (exact) mass is 366 g/mol. The second kappa shape index (κ2) is 9.71. The lowest BCUT2D eigenvalue weighted by atomic mass is 10.2. The summed E-state index contributed by atoms with van der Waals surface area (Å²) in [6.45, 7) is 3.96. The Kier molecular flexibility index (Phi) is 7.34. The molecule has 0 atom stereocenters. The number of hydrogen-bond donors (Lipinski definition) is 2. The number of hydrogen-bond acceptors (Lipinski definition) is 6. The van der Waals surface area contributed by atoms with Crippen molar-refractivity contribution in [2.24, 2.45) is 0 Å². The van der Waals surface area contributed by atoms with Gasteiger partial charge in [0.05, 0.1) is 27.0 Å². The third-order valence-corrected chi connectivity index (χ3v) is 4.17. The minimum absolute atomic E-state index is 0.297. The number of methoxy groups -OCH3 is 3. The molecule has 9 heteroatoms. The highest BCUT2D eigenvalue weighted by Crippen LogP contribution is 2.34. The molecular weight excluding hydrogens is 340 g/mol. The Hall–Kier alpha value is -2.68. The fourth-order valence-electron chi connectivity index (χ4n) is 2.76. The first-order chi connectivity index (χ1) is 12.6. The molecule has 1 aliphatic heterocycles. The third kappa shape index (κ3) is 5.16. The van der Waals surface area contributed by atoms with Crippen molar-refractivity contribution in [2.75, 3.05) is 65.9 Å². The van der Waals surface area contributed by atoms with Gasteiger partial charge in [0.25, 0.3) is 0 Å². The third-order valence-electron chi connectivity index (χ3n) is 4.17. The molecule has 0 aromatic heterocycles. The summed E-state index contributed by atoms with van der Waals surface area (Å²) in [5.74, 6) is 1.03. The van der Waals surface area contributed by atoms with Crippen molar-refractivity contribution < 1.29 is 23.8 Å². The van der Waals surface area contributed by atoms with E-state index in [2.05, 4.69) is 15.5 Å². The van der Waals surface area contributed by atoms with Crippen molar-refractivity contribution in [2.45, 2.75) is 0 Å². The van der Waals surface area contributed by atoms with Crippen LogP contribution in [0.1, 0.15) is 0 Å². The highest BCUT2D eigenvalue weighted by atomic mass is 16.5. The topological polar surface area (TPSA) is 92.4 Å². The van der Waals surface area contributed by atoms with E-state index < -0.39 is 0 Å². The van der Waals surface area contributed by atoms with Crippen LogP contribution in [0, 0.1) is 0 Å². The Bertz CT molecular complexity index is 617. The van der Waals surface area contributed by atoms with Crippen molar-refractivity contribution >= 4 is 17.8 Å². The molecule has 0 bridgehead atoms. The van der Waals surface area contributed by atoms with Gasteiger partial charge in [-0.15, -0.1) is 0 Å². The number of ether oxygens (including phenoxy) is 3. The van der Waals surface area contributed by atoms with Crippen molar-refractivity contribution in [3.05, 3.63) is 18.2 Å². The SMILES string of the molecule is COC(=O)N1CCN(CCNC(=O)Nc2cccc(OC)c2OC)CC1. The van der Waals surface area contributed by atoms with E-state index in [-0.39, 0.29) is 12.1 Å². The minimum atomic E-state index is -0.315. The Labute approximate surface area is 153 Å². The number of nitrogens with zero attached hydrogens (tertiary/aromatic N) is 2. The molecule has 9 nitrogen and oxygen atoms in total. The lowest BCUT2D eigenvalue weighted by Crippen LogP contribution is -2.50. The van der Waals surface area contributed by atoms with Gasteiger partial charge in [-0.3, -0.25) is 4.90 Å². The van der Waals surface area contributed by atoms with Gasteiger partial charge in [-0.1, -0.05) is 6.07 Å². The Morgan fingerprint density at radius 3 is 2.42 bits per heavy atom. The van der Waals surface area contributed by atoms with Crippen LogP contribution < -0.4 is 20.1 Å². The number of urea groups is 1. The molecule has 0 saturated carbocycles. The van der Waals surface area contributed by atoms with Gasteiger partial charge in [0.2, 0.25) is 0 Å². The molecule has 0 aliphatic carbocycles. The highest BCUT2D eigenvalue weighted by molar-refractivity contribution is 5.91. The van der Waals surface area contributed by atoms with Crippen molar-refractivity contribution in [1.82, 2.24) is 15.1 Å². The van der Waals surface area contributed by atoms with Crippen molar-refractivity contribution in [3.63, 3.8) is 0 Å². The largest absolute Gasteiger partial charge is 0.493 e. The van der Waals surface area contributed by atoms with Crippen LogP contribution in [0.25, 0.3) is 0 Å². The quantitative estimate of drug-likeness (QED) is 0.786. The molecule has 0 radical (unpaired) electrons. The number of para-hydroxylation sites is 1. The second-order valence-electron chi connectivity index (χ2n) is 5.72. The first-order valence-corrected chi connectivity index (χ1v) is 8.40. The van der Waals surface area contributed by atoms with Crippen LogP contribution in [-0.4, -0.2) is 82.5 Å². The summed E-state index contributed by atoms with van der Waals surface area (Å²) in [4.78, 5) is 27.4. The summed E-state index contributed by atoms with van der Waals surface area (Å²) in [5.41, 5.74) is 0.538. The maximum absolute atomic E-state index is 12.1. The molecule has 1 heterocycles. The van der Waals surface area contributed by atoms with Gasteiger partial charge < -0.3 is 29.7 Å². The molecule has 1 aliphatic rings. The van der Waals surface area contributed by atoms with Gasteiger partial charge in [-0.25, -0.2) is 9.59 Å². The van der Waals surface area contributed by atoms with E-state index in [1.54, 1.807) is 30.2 Å². The highest BCUT2D eigenvalue weighted by Gasteiger charge is 2.21. The van der Waals surface area contributed by atoms with E-state index in [0.29, 0.717) is 43.4 Å². The summed E-state index contributed by atoms with van der Waals surface area (Å²) in [5, 5.41) is 5.58. The molecular formula is C17H26N4O5. The molecule has 1 saturated heterocycles. The molecule has 144 valence electrons. The first-order valence-electron chi connectivity index (χ1n) is 8.40. The smallest absolute Gasteiger partial charge is 0.409 e. The van der Waals surface area contributed by atoms with Crippen molar-refractivity contribution in [3.8, 4) is 11.5 Å². The standard InChI is InChI=1S/C17H26N4O5/c1-24-14-6-4-5-13(15(14)25-2)19-16(22)18-7-8-20-9-11-21(12-10-20)17(23)26-3/h4-6H,7-12H2,1-3H3,(H2,18,19,22). The van der Waals surface area contributed by atoms with Gasteiger partial charge in [0.15, 0.2) is 11.5 Å². The molecule has 2 N–H and O–H groups in total. The number of piperazine rings is 1. The number of carbonyl (C=O) groups is 2. The molecule has 0 unspecified atom stereocenters. The van der Waals surface area contributed by atoms with Gasteiger partial charge in [0.1, 0.15) is 0 Å². The maximum Gasteiger partial charge on any atom is 0.409 e. The molecule has 2 rings (SSSR count). The van der Waals surface area contributed by atoms with Crippen molar-refractivity contribution in [1.29, 1.82) is 0 Å². The molecule has 1 aromatic rings. The van der Waals surface area contributed by atoms with E-state index in [9.17, 15) is 9.59 Å². The van der Waals surface area contributed by atoms with E-state index in [1.807, 2.05) is 0 Å². The zero-order valence-electron chi connectivity index (χ0n) is 15.4. The summed E-state index contributed by atoms with van der Waals surface area (Å²) < 4.78 is 15.2. The summed E-state index contributed by atoms with van der Waals surface area (Å²) in [6.07, 6.45) is -0.297. The van der Waals surface area contributed by atoms with Crippen LogP contribution >= 0.6 is 0 Å². The average Bonchev–Trinajstić information content (AvgIpc) is 2.67. The number of nitrogens with one attached hydrogen (secondary N) is 2. The fraction of sp³-hybridized carbons (Fsp3) is 0.529. The summed E-state index contributed by atoms with van der Waals surface area (Å²) >= 11 is 0. The van der Waals surface area contributed by atoms with E-state index in [4.69, 9.17) is 14.2 Å². The van der Waals surface area contributed by atoms with E-state index in [0.717, 1.165) is 13.1 Å². The van der Waals surface area contributed by atoms with Crippen LogP contribution in [0.3, 0.4) is 0 Å². The molecule has 26 heavy (non-hydrogen) atoms. The van der Waals surface area contributed by atoms with Gasteiger partial charge in [-0.2, -0.15) is 0 Å². The number of carbonyl (C=O) groups excluding carboxylic acids is 2. The predicted octanol–water partition coefficient (Wildman–Crippen LogP) is 1.21. The van der Waals surface area contributed by atoms with Gasteiger partial charge in [-0.05, 0) is 12.1 Å². The van der Waals surface area contributed by atoms with E-state index in [1.165, 1.54) is 14.2 Å². The molecule has 3 amide bonds. The lowest BCUT2D eigenvalue weighted by molar-refractivity contribution is 0.0916. The molecule has 0 spiro atoms. The van der Waals surface area contributed by atoms with Crippen LogP contribution in [-0.2, 0) is 4.74 Å². The van der Waals surface area contributed by atoms with Crippen LogP contribution in [0.2, 0.25) is 0 Å². The lowest BCUT2D eigenvalue weighted by Gasteiger charge is -2.33. The minimum Gasteiger partial charge on any atom is -0.493 e. The number of benzene rings is 1. The normalized spacial score (nSPS) is 14.5. The Morgan fingerprint density at radius 1 is 1.08 bits per heavy atom. The number of amides is 3. The van der Waals surface area contributed by atoms with Crippen LogP contribution in [0.15, 0.2) is 18.2 Å². The van der Waals surface area contributed by atoms with E-state index >= 15 is 0 Å². The van der Waals surface area contributed by atoms with Crippen LogP contribution in [0.4, 0.5) is 15.3 Å².